The van der Waals surface area contributed by atoms with Crippen LogP contribution in [-0.2, 0) is 9.53 Å². The Hall–Kier alpha value is -0.830. The minimum atomic E-state index is 0.0531. The molecule has 3 heteroatoms. The van der Waals surface area contributed by atoms with Crippen molar-refractivity contribution in [2.45, 2.75) is 91.7 Å². The summed E-state index contributed by atoms with van der Waals surface area (Å²) in [6.45, 7) is 12.5. The summed E-state index contributed by atoms with van der Waals surface area (Å²) in [6, 6.07) is 0.593. The van der Waals surface area contributed by atoms with E-state index < -0.39 is 0 Å². The molecule has 0 radical (unpaired) electrons. The number of carbonyl (C=O) groups is 1. The predicted octanol–water partition coefficient (Wildman–Crippen LogP) is 4.08. The zero-order valence-corrected chi connectivity index (χ0v) is 17.6. The Kier molecular flexibility index (Phi) is 6.16. The lowest BCUT2D eigenvalue weighted by Gasteiger charge is -2.45. The Balaban J connectivity index is 1.61. The van der Waals surface area contributed by atoms with Crippen LogP contribution in [0.2, 0.25) is 0 Å². The average Bonchev–Trinajstić information content (AvgIpc) is 2.84. The summed E-state index contributed by atoms with van der Waals surface area (Å²) in [5, 5.41) is 2.39. The minimum absolute atomic E-state index is 0.0531. The van der Waals surface area contributed by atoms with Gasteiger partial charge in [0.1, 0.15) is 12.0 Å². The van der Waals surface area contributed by atoms with Gasteiger partial charge in [-0.1, -0.05) is 52.2 Å². The number of esters is 1. The summed E-state index contributed by atoms with van der Waals surface area (Å²) in [5.41, 5.74) is 1.89. The quantitative estimate of drug-likeness (QED) is 0.548. The van der Waals surface area contributed by atoms with Crippen molar-refractivity contribution in [2.75, 3.05) is 6.54 Å². The van der Waals surface area contributed by atoms with Crippen molar-refractivity contribution in [1.29, 1.82) is 0 Å². The molecule has 1 heterocycles. The molecule has 0 bridgehead atoms. The molecule has 6 atom stereocenters. The van der Waals surface area contributed by atoms with Crippen molar-refractivity contribution in [3.8, 4) is 0 Å². The summed E-state index contributed by atoms with van der Waals surface area (Å²) in [4.78, 5) is 12.6. The van der Waals surface area contributed by atoms with Gasteiger partial charge in [0, 0.05) is 5.92 Å². The smallest absolute Gasteiger partial charge is 0.315 e. The van der Waals surface area contributed by atoms with Crippen LogP contribution in [-0.4, -0.2) is 24.7 Å². The van der Waals surface area contributed by atoms with Gasteiger partial charge in [0.2, 0.25) is 0 Å². The third-order valence-electron chi connectivity index (χ3n) is 7.31. The Morgan fingerprint density at radius 1 is 1.31 bits per heavy atom. The lowest BCUT2D eigenvalue weighted by Crippen LogP contribution is -2.90. The van der Waals surface area contributed by atoms with Crippen LogP contribution in [0.3, 0.4) is 0 Å². The molecule has 0 aromatic rings. The average molecular weight is 363 g/mol. The Morgan fingerprint density at radius 2 is 2.08 bits per heavy atom. The zero-order chi connectivity index (χ0) is 18.9. The van der Waals surface area contributed by atoms with Crippen molar-refractivity contribution in [3.63, 3.8) is 0 Å². The maximum Gasteiger partial charge on any atom is 0.315 e. The largest absolute Gasteiger partial charge is 0.461 e. The summed E-state index contributed by atoms with van der Waals surface area (Å²) in [6.07, 6.45) is 11.3. The van der Waals surface area contributed by atoms with E-state index >= 15 is 0 Å². The van der Waals surface area contributed by atoms with E-state index in [1.165, 1.54) is 38.5 Å². The van der Waals surface area contributed by atoms with E-state index in [-0.39, 0.29) is 23.4 Å². The fraction of sp³-hybridized carbons (Fsp3) is 0.870. The Morgan fingerprint density at radius 3 is 2.81 bits per heavy atom. The summed E-state index contributed by atoms with van der Waals surface area (Å²) >= 11 is 0. The number of hydrogen-bond donors (Lipinski definition) is 1. The number of allylic oxidation sites excluding steroid dienone is 1. The number of rotatable bonds is 7. The highest BCUT2D eigenvalue weighted by molar-refractivity contribution is 5.76. The molecule has 0 spiro atoms. The van der Waals surface area contributed by atoms with Crippen molar-refractivity contribution < 1.29 is 14.8 Å². The van der Waals surface area contributed by atoms with Crippen LogP contribution in [0.25, 0.3) is 0 Å². The SMILES string of the molecule is CC(C)CCC[C@H](C)[NH2+]C[C@H]1C(=O)O[C@@H]2C[C@@]3(C)CCC[C@H](C)C3=C[C@@H]21. The fourth-order valence-corrected chi connectivity index (χ4v) is 5.66. The van der Waals surface area contributed by atoms with Gasteiger partial charge in [0.25, 0.3) is 0 Å². The maximum absolute atomic E-state index is 12.6. The van der Waals surface area contributed by atoms with Crippen LogP contribution in [0.15, 0.2) is 11.6 Å². The molecule has 2 fully saturated rings. The van der Waals surface area contributed by atoms with Gasteiger partial charge in [-0.2, -0.15) is 0 Å². The number of fused-ring (bicyclic) bond motifs is 2. The number of hydrogen-bond acceptors (Lipinski definition) is 2. The lowest BCUT2D eigenvalue weighted by atomic mass is 9.59. The van der Waals surface area contributed by atoms with Crippen LogP contribution in [0.5, 0.6) is 0 Å². The summed E-state index contributed by atoms with van der Waals surface area (Å²) in [7, 11) is 0. The topological polar surface area (TPSA) is 42.9 Å². The first kappa shape index (κ1) is 19.9. The van der Waals surface area contributed by atoms with Gasteiger partial charge in [-0.25, -0.2) is 0 Å². The second-order valence-electron chi connectivity index (χ2n) is 10.1. The van der Waals surface area contributed by atoms with Gasteiger partial charge in [-0.15, -0.1) is 0 Å². The number of quaternary nitrogens is 1. The molecule has 26 heavy (non-hydrogen) atoms. The molecule has 148 valence electrons. The second kappa shape index (κ2) is 8.04. The molecule has 0 aromatic heterocycles. The van der Waals surface area contributed by atoms with Crippen molar-refractivity contribution in [2.24, 2.45) is 29.1 Å². The van der Waals surface area contributed by atoms with Gasteiger partial charge in [-0.05, 0) is 56.3 Å². The number of carbonyl (C=O) groups excluding carboxylic acids is 1. The minimum Gasteiger partial charge on any atom is -0.461 e. The van der Waals surface area contributed by atoms with Gasteiger partial charge in [0.15, 0.2) is 0 Å². The first-order valence-electron chi connectivity index (χ1n) is 11.1. The van der Waals surface area contributed by atoms with Crippen LogP contribution < -0.4 is 5.32 Å². The molecular formula is C23H40NO2+. The lowest BCUT2D eigenvalue weighted by molar-refractivity contribution is -0.690. The van der Waals surface area contributed by atoms with E-state index in [4.69, 9.17) is 4.74 Å². The molecule has 1 saturated carbocycles. The van der Waals surface area contributed by atoms with Gasteiger partial charge >= 0.3 is 5.97 Å². The zero-order valence-electron chi connectivity index (χ0n) is 17.6. The predicted molar refractivity (Wildman–Crippen MR) is 106 cm³/mol. The Labute approximate surface area is 160 Å². The molecule has 2 N–H and O–H groups in total. The van der Waals surface area contributed by atoms with Crippen LogP contribution in [0.4, 0.5) is 0 Å². The monoisotopic (exact) mass is 362 g/mol. The first-order chi connectivity index (χ1) is 12.3. The van der Waals surface area contributed by atoms with Gasteiger partial charge < -0.3 is 10.1 Å². The number of ether oxygens (including phenoxy) is 1. The van der Waals surface area contributed by atoms with E-state index in [2.05, 4.69) is 46.0 Å². The first-order valence-corrected chi connectivity index (χ1v) is 11.1. The normalized spacial score (nSPS) is 37.8. The highest BCUT2D eigenvalue weighted by atomic mass is 16.6. The van der Waals surface area contributed by atoms with E-state index in [0.717, 1.165) is 18.9 Å². The highest BCUT2D eigenvalue weighted by Gasteiger charge is 2.52. The summed E-state index contributed by atoms with van der Waals surface area (Å²) in [5.74, 6) is 1.87. The maximum atomic E-state index is 12.6. The fourth-order valence-electron chi connectivity index (χ4n) is 5.66. The molecule has 3 rings (SSSR count). The van der Waals surface area contributed by atoms with Crippen molar-refractivity contribution in [3.05, 3.63) is 11.6 Å². The molecule has 1 aliphatic heterocycles. The molecule has 0 aromatic carbocycles. The van der Waals surface area contributed by atoms with E-state index in [0.29, 0.717) is 17.9 Å². The van der Waals surface area contributed by atoms with Gasteiger partial charge in [0.05, 0.1) is 12.6 Å². The molecule has 1 saturated heterocycles. The third-order valence-corrected chi connectivity index (χ3v) is 7.31. The van der Waals surface area contributed by atoms with Crippen LogP contribution >= 0.6 is 0 Å². The Bertz CT molecular complexity index is 540. The standard InChI is InChI=1S/C23H39NO2/c1-15(2)8-6-10-17(4)24-14-19-18-12-20-16(3)9-7-11-23(20,5)13-21(18)26-22(19)25/h12,15-19,21,24H,6-11,13-14H2,1-5H3/p+1/t16-,17-,18+,19+,21+,23+/m0/s1. The number of nitrogens with two attached hydrogens (primary N) is 1. The summed E-state index contributed by atoms with van der Waals surface area (Å²) < 4.78 is 5.87. The van der Waals surface area contributed by atoms with Crippen LogP contribution in [0.1, 0.15) is 79.6 Å². The van der Waals surface area contributed by atoms with Crippen LogP contribution in [0, 0.1) is 29.1 Å². The third kappa shape index (κ3) is 4.18. The van der Waals surface area contributed by atoms with Crippen molar-refractivity contribution >= 4 is 5.97 Å². The van der Waals surface area contributed by atoms with Gasteiger partial charge in [-0.3, -0.25) is 4.79 Å². The molecule has 3 nitrogen and oxygen atoms in total. The molecular weight excluding hydrogens is 322 g/mol. The van der Waals surface area contributed by atoms with E-state index in [1.54, 1.807) is 5.57 Å². The molecule has 3 aliphatic rings. The second-order valence-corrected chi connectivity index (χ2v) is 10.1. The molecule has 0 amide bonds. The van der Waals surface area contributed by atoms with Crippen molar-refractivity contribution in [1.82, 2.24) is 0 Å². The molecule has 2 aliphatic carbocycles. The van der Waals surface area contributed by atoms with E-state index in [1.807, 2.05) is 0 Å². The van der Waals surface area contributed by atoms with E-state index in [9.17, 15) is 4.79 Å². The highest BCUT2D eigenvalue weighted by Crippen LogP contribution is 2.53. The molecule has 0 unspecified atom stereocenters.